The Morgan fingerprint density at radius 2 is 1.61 bits per heavy atom. The molecule has 0 bridgehead atoms. The van der Waals surface area contributed by atoms with Crippen LogP contribution in [0.4, 0.5) is 13.2 Å². The highest BCUT2D eigenvalue weighted by Crippen LogP contribution is 2.26. The lowest BCUT2D eigenvalue weighted by Gasteiger charge is -2.06. The van der Waals surface area contributed by atoms with E-state index >= 15 is 0 Å². The summed E-state index contributed by atoms with van der Waals surface area (Å²) in [6, 6.07) is 7.38. The third-order valence-corrected chi connectivity index (χ3v) is 2.59. The van der Waals surface area contributed by atoms with Crippen LogP contribution in [0, 0.1) is 17.5 Å². The monoisotopic (exact) mass is 250 g/mol. The molecule has 0 aliphatic rings. The van der Waals surface area contributed by atoms with Crippen molar-refractivity contribution < 1.29 is 18.0 Å². The van der Waals surface area contributed by atoms with Gasteiger partial charge in [0, 0.05) is 17.2 Å². The lowest BCUT2D eigenvalue weighted by molar-refractivity contribution is 0.101. The van der Waals surface area contributed by atoms with E-state index in [1.165, 1.54) is 19.1 Å². The average molecular weight is 250 g/mol. The molecule has 0 aliphatic heterocycles. The van der Waals surface area contributed by atoms with Gasteiger partial charge < -0.3 is 0 Å². The van der Waals surface area contributed by atoms with E-state index in [0.29, 0.717) is 17.2 Å². The molecule has 0 amide bonds. The van der Waals surface area contributed by atoms with Crippen LogP contribution >= 0.6 is 0 Å². The summed E-state index contributed by atoms with van der Waals surface area (Å²) in [6.45, 7) is 1.38. The topological polar surface area (TPSA) is 17.1 Å². The van der Waals surface area contributed by atoms with Crippen molar-refractivity contribution >= 4 is 5.78 Å². The van der Waals surface area contributed by atoms with Gasteiger partial charge in [-0.3, -0.25) is 4.79 Å². The van der Waals surface area contributed by atoms with Crippen molar-refractivity contribution in [1.29, 1.82) is 0 Å². The third kappa shape index (κ3) is 2.27. The molecule has 2 aromatic rings. The highest BCUT2D eigenvalue weighted by Gasteiger charge is 2.12. The zero-order chi connectivity index (χ0) is 13.3. The van der Waals surface area contributed by atoms with Gasteiger partial charge in [0.2, 0.25) is 0 Å². The molecular formula is C14H9F3O. The van der Waals surface area contributed by atoms with E-state index in [4.69, 9.17) is 0 Å². The fourth-order valence-corrected chi connectivity index (χ4v) is 1.65. The molecule has 2 rings (SSSR count). The van der Waals surface area contributed by atoms with Gasteiger partial charge in [-0.05, 0) is 24.6 Å². The summed E-state index contributed by atoms with van der Waals surface area (Å²) >= 11 is 0. The number of Topliss-reactive ketones (excluding diaryl/α,β-unsaturated/α-hetero) is 1. The second-order valence-corrected chi connectivity index (χ2v) is 3.88. The minimum atomic E-state index is -1.24. The van der Waals surface area contributed by atoms with Crippen LogP contribution in [0.3, 0.4) is 0 Å². The molecular weight excluding hydrogens is 241 g/mol. The van der Waals surface area contributed by atoms with Crippen LogP contribution in [0.2, 0.25) is 0 Å². The van der Waals surface area contributed by atoms with E-state index in [1.807, 2.05) is 0 Å². The number of carbonyl (C=O) groups is 1. The first-order valence-corrected chi connectivity index (χ1v) is 5.25. The van der Waals surface area contributed by atoms with Gasteiger partial charge in [-0.25, -0.2) is 13.2 Å². The summed E-state index contributed by atoms with van der Waals surface area (Å²) in [5.74, 6) is -3.41. The molecule has 0 spiro atoms. The van der Waals surface area contributed by atoms with Crippen molar-refractivity contribution in [2.45, 2.75) is 6.92 Å². The number of hydrogen-bond acceptors (Lipinski definition) is 1. The van der Waals surface area contributed by atoms with Gasteiger partial charge in [0.15, 0.2) is 17.4 Å². The highest BCUT2D eigenvalue weighted by molar-refractivity contribution is 5.95. The van der Waals surface area contributed by atoms with E-state index in [2.05, 4.69) is 0 Å². The summed E-state index contributed by atoms with van der Waals surface area (Å²) in [5, 5.41) is 0. The molecule has 0 aliphatic carbocycles. The standard InChI is InChI=1S/C14H9F3O/c1-8(18)9-3-2-4-10(5-9)11-6-13(16)14(17)7-12(11)15/h2-7H,1H3. The van der Waals surface area contributed by atoms with E-state index in [1.54, 1.807) is 12.1 Å². The minimum absolute atomic E-state index is 0.0722. The number of benzene rings is 2. The molecule has 0 N–H and O–H groups in total. The predicted molar refractivity (Wildman–Crippen MR) is 61.8 cm³/mol. The van der Waals surface area contributed by atoms with Crippen LogP contribution in [0.15, 0.2) is 36.4 Å². The quantitative estimate of drug-likeness (QED) is 0.582. The second kappa shape index (κ2) is 4.64. The summed E-state index contributed by atoms with van der Waals surface area (Å²) in [7, 11) is 0. The molecule has 0 fully saturated rings. The van der Waals surface area contributed by atoms with Gasteiger partial charge in [-0.2, -0.15) is 0 Å². The average Bonchev–Trinajstić information content (AvgIpc) is 2.34. The number of hydrogen-bond donors (Lipinski definition) is 0. The van der Waals surface area contributed by atoms with Crippen molar-refractivity contribution in [3.05, 3.63) is 59.4 Å². The van der Waals surface area contributed by atoms with Crippen LogP contribution in [0.25, 0.3) is 11.1 Å². The summed E-state index contributed by atoms with van der Waals surface area (Å²) < 4.78 is 39.5. The maximum absolute atomic E-state index is 13.6. The Bertz CT molecular complexity index is 620. The zero-order valence-corrected chi connectivity index (χ0v) is 9.51. The Morgan fingerprint density at radius 3 is 2.28 bits per heavy atom. The fraction of sp³-hybridized carbons (Fsp3) is 0.0714. The maximum Gasteiger partial charge on any atom is 0.161 e. The van der Waals surface area contributed by atoms with Gasteiger partial charge in [0.25, 0.3) is 0 Å². The number of carbonyl (C=O) groups excluding carboxylic acids is 1. The van der Waals surface area contributed by atoms with Crippen molar-refractivity contribution in [2.75, 3.05) is 0 Å². The van der Waals surface area contributed by atoms with Crippen molar-refractivity contribution in [3.8, 4) is 11.1 Å². The van der Waals surface area contributed by atoms with Gasteiger partial charge in [0.05, 0.1) is 0 Å². The van der Waals surface area contributed by atoms with Crippen molar-refractivity contribution in [1.82, 2.24) is 0 Å². The van der Waals surface area contributed by atoms with Crippen LogP contribution in [-0.4, -0.2) is 5.78 Å². The smallest absolute Gasteiger partial charge is 0.161 e. The molecule has 92 valence electrons. The van der Waals surface area contributed by atoms with Crippen LogP contribution < -0.4 is 0 Å². The molecule has 4 heteroatoms. The van der Waals surface area contributed by atoms with E-state index in [-0.39, 0.29) is 11.3 Å². The minimum Gasteiger partial charge on any atom is -0.295 e. The largest absolute Gasteiger partial charge is 0.295 e. The van der Waals surface area contributed by atoms with Gasteiger partial charge in [-0.1, -0.05) is 18.2 Å². The summed E-state index contributed by atoms with van der Waals surface area (Å²) in [5.41, 5.74) is 0.646. The molecule has 0 atom stereocenters. The second-order valence-electron chi connectivity index (χ2n) is 3.88. The Labute approximate surface area is 102 Å². The molecule has 2 aromatic carbocycles. The van der Waals surface area contributed by atoms with E-state index in [9.17, 15) is 18.0 Å². The molecule has 18 heavy (non-hydrogen) atoms. The Hall–Kier alpha value is -2.10. The van der Waals surface area contributed by atoms with Crippen LogP contribution in [0.1, 0.15) is 17.3 Å². The molecule has 0 saturated heterocycles. The van der Waals surface area contributed by atoms with Gasteiger partial charge in [0.1, 0.15) is 5.82 Å². The normalized spacial score (nSPS) is 10.4. The Morgan fingerprint density at radius 1 is 0.944 bits per heavy atom. The van der Waals surface area contributed by atoms with E-state index in [0.717, 1.165) is 6.07 Å². The molecule has 0 saturated carbocycles. The zero-order valence-electron chi connectivity index (χ0n) is 9.51. The lowest BCUT2D eigenvalue weighted by Crippen LogP contribution is -1.95. The van der Waals surface area contributed by atoms with Crippen molar-refractivity contribution in [2.24, 2.45) is 0 Å². The molecule has 0 radical (unpaired) electrons. The number of halogens is 3. The fourth-order valence-electron chi connectivity index (χ4n) is 1.65. The molecule has 0 aromatic heterocycles. The maximum atomic E-state index is 13.6. The molecule has 0 unspecified atom stereocenters. The van der Waals surface area contributed by atoms with Gasteiger partial charge in [-0.15, -0.1) is 0 Å². The van der Waals surface area contributed by atoms with Gasteiger partial charge >= 0.3 is 0 Å². The Kier molecular flexibility index (Phi) is 3.19. The van der Waals surface area contributed by atoms with Crippen molar-refractivity contribution in [3.63, 3.8) is 0 Å². The lowest BCUT2D eigenvalue weighted by atomic mass is 10.0. The number of rotatable bonds is 2. The summed E-state index contributed by atoms with van der Waals surface area (Å²) in [6.07, 6.45) is 0. The summed E-state index contributed by atoms with van der Waals surface area (Å²) in [4.78, 5) is 11.2. The number of ketones is 1. The highest BCUT2D eigenvalue weighted by atomic mass is 19.2. The van der Waals surface area contributed by atoms with Crippen LogP contribution in [-0.2, 0) is 0 Å². The third-order valence-electron chi connectivity index (χ3n) is 2.59. The SMILES string of the molecule is CC(=O)c1cccc(-c2cc(F)c(F)cc2F)c1. The molecule has 0 heterocycles. The predicted octanol–water partition coefficient (Wildman–Crippen LogP) is 3.97. The first-order valence-electron chi connectivity index (χ1n) is 5.25. The van der Waals surface area contributed by atoms with E-state index < -0.39 is 17.5 Å². The Balaban J connectivity index is 2.58. The first-order chi connectivity index (χ1) is 8.49. The first kappa shape index (κ1) is 12.4. The molecule has 1 nitrogen and oxygen atoms in total. The van der Waals surface area contributed by atoms with Crippen LogP contribution in [0.5, 0.6) is 0 Å².